The molecule has 0 aliphatic carbocycles. The summed E-state index contributed by atoms with van der Waals surface area (Å²) >= 11 is 0. The van der Waals surface area contributed by atoms with Gasteiger partial charge in [-0.3, -0.25) is 4.98 Å². The van der Waals surface area contributed by atoms with E-state index in [2.05, 4.69) is 235 Å². The van der Waals surface area contributed by atoms with E-state index in [0.29, 0.717) is 0 Å². The molecule has 11 aromatic carbocycles. The normalized spacial score (nSPS) is 11.7. The molecule has 0 aliphatic heterocycles. The minimum atomic E-state index is 0.864. The molecule has 0 aliphatic rings. The molecular formula is C62H39N3. The maximum Gasteiger partial charge on any atom is 0.0979 e. The lowest BCUT2D eigenvalue weighted by Gasteiger charge is -2.12. The Morgan fingerprint density at radius 2 is 0.754 bits per heavy atom. The summed E-state index contributed by atoms with van der Waals surface area (Å²) in [4.78, 5) is 10.2. The zero-order valence-electron chi connectivity index (χ0n) is 35.4. The van der Waals surface area contributed by atoms with Crippen LogP contribution in [0.25, 0.3) is 127 Å². The van der Waals surface area contributed by atoms with E-state index < -0.39 is 0 Å². The molecule has 3 nitrogen and oxygen atoms in total. The fourth-order valence-electron chi connectivity index (χ4n) is 9.95. The van der Waals surface area contributed by atoms with Gasteiger partial charge >= 0.3 is 0 Å². The van der Waals surface area contributed by atoms with Gasteiger partial charge in [0.1, 0.15) is 0 Å². The van der Waals surface area contributed by atoms with Crippen LogP contribution in [0.1, 0.15) is 0 Å². The molecule has 0 fully saturated rings. The van der Waals surface area contributed by atoms with Crippen molar-refractivity contribution in [2.45, 2.75) is 0 Å². The van der Waals surface area contributed by atoms with Crippen molar-refractivity contribution < 1.29 is 0 Å². The predicted octanol–water partition coefficient (Wildman–Crippen LogP) is 16.5. The highest BCUT2D eigenvalue weighted by Crippen LogP contribution is 2.38. The largest absolute Gasteiger partial charge is 0.309 e. The molecule has 0 radical (unpaired) electrons. The van der Waals surface area contributed by atoms with Gasteiger partial charge in [0, 0.05) is 32.8 Å². The van der Waals surface area contributed by atoms with Crippen LogP contribution in [0.3, 0.4) is 0 Å². The van der Waals surface area contributed by atoms with Gasteiger partial charge in [-0.2, -0.15) is 0 Å². The van der Waals surface area contributed by atoms with Crippen molar-refractivity contribution in [3.05, 3.63) is 237 Å². The summed E-state index contributed by atoms with van der Waals surface area (Å²) in [6.45, 7) is 0. The van der Waals surface area contributed by atoms with Crippen molar-refractivity contribution in [1.29, 1.82) is 0 Å². The number of benzene rings is 11. The molecule has 0 bridgehead atoms. The highest BCUT2D eigenvalue weighted by Gasteiger charge is 2.16. The van der Waals surface area contributed by atoms with Crippen LogP contribution in [0.4, 0.5) is 0 Å². The molecule has 13 rings (SSSR count). The Bertz CT molecular complexity index is 3960. The van der Waals surface area contributed by atoms with Crippen molar-refractivity contribution in [2.75, 3.05) is 0 Å². The van der Waals surface area contributed by atoms with E-state index in [1.807, 2.05) is 6.20 Å². The second-order valence-electron chi connectivity index (χ2n) is 17.0. The number of hydrogen-bond donors (Lipinski definition) is 0. The Morgan fingerprint density at radius 1 is 0.277 bits per heavy atom. The number of hydrogen-bond acceptors (Lipinski definition) is 2. The lowest BCUT2D eigenvalue weighted by atomic mass is 9.95. The second-order valence-corrected chi connectivity index (χ2v) is 17.0. The van der Waals surface area contributed by atoms with Crippen molar-refractivity contribution in [3.8, 4) is 61.5 Å². The number of nitrogens with zero attached hydrogens (tertiary/aromatic N) is 3. The number of aromatic nitrogens is 3. The molecule has 13 aromatic rings. The predicted molar refractivity (Wildman–Crippen MR) is 274 cm³/mol. The molecule has 302 valence electrons. The second kappa shape index (κ2) is 15.0. The first-order valence-corrected chi connectivity index (χ1v) is 22.2. The average molecular weight is 826 g/mol. The fourth-order valence-corrected chi connectivity index (χ4v) is 9.95. The first kappa shape index (κ1) is 36.9. The minimum Gasteiger partial charge on any atom is -0.309 e. The van der Waals surface area contributed by atoms with Crippen molar-refractivity contribution in [3.63, 3.8) is 0 Å². The van der Waals surface area contributed by atoms with E-state index in [-0.39, 0.29) is 0 Å². The Hall–Kier alpha value is -8.66. The van der Waals surface area contributed by atoms with Gasteiger partial charge in [-0.15, -0.1) is 0 Å². The highest BCUT2D eigenvalue weighted by molar-refractivity contribution is 6.23. The maximum atomic E-state index is 5.22. The molecule has 2 heterocycles. The third kappa shape index (κ3) is 6.28. The summed E-state index contributed by atoms with van der Waals surface area (Å²) < 4.78 is 2.41. The fraction of sp³-hybridized carbons (Fsp3) is 0. The third-order valence-electron chi connectivity index (χ3n) is 13.2. The van der Waals surface area contributed by atoms with Gasteiger partial charge in [0.2, 0.25) is 0 Å². The number of para-hydroxylation sites is 1. The molecule has 0 saturated heterocycles. The summed E-state index contributed by atoms with van der Waals surface area (Å²) in [5.74, 6) is 0. The molecule has 0 atom stereocenters. The minimum absolute atomic E-state index is 0.864. The quantitative estimate of drug-likeness (QED) is 0.156. The molecule has 0 spiro atoms. The van der Waals surface area contributed by atoms with Crippen LogP contribution in [-0.2, 0) is 0 Å². The lowest BCUT2D eigenvalue weighted by Crippen LogP contribution is -1.94. The monoisotopic (exact) mass is 825 g/mol. The Kier molecular flexibility index (Phi) is 8.53. The van der Waals surface area contributed by atoms with Crippen LogP contribution in [0.2, 0.25) is 0 Å². The van der Waals surface area contributed by atoms with Crippen molar-refractivity contribution >= 4 is 65.2 Å². The summed E-state index contributed by atoms with van der Waals surface area (Å²) in [7, 11) is 0. The van der Waals surface area contributed by atoms with Crippen molar-refractivity contribution in [1.82, 2.24) is 14.5 Å². The SMILES string of the molecule is c1cc(-c2ccc(-c3cnc4c5ccccc5c5ccccc5c4n3)cc2)cc(-c2cccc(-c3ccc4c5ccccc5n(-c5ccc(-c6ccc7ccccc7c6)cc5)c4c3)c2)c1. The topological polar surface area (TPSA) is 30.7 Å². The molecule has 3 heteroatoms. The summed E-state index contributed by atoms with van der Waals surface area (Å²) in [5, 5.41) is 9.65. The Labute approximate surface area is 376 Å². The van der Waals surface area contributed by atoms with E-state index in [1.54, 1.807) is 0 Å². The zero-order valence-corrected chi connectivity index (χ0v) is 35.4. The van der Waals surface area contributed by atoms with Crippen molar-refractivity contribution in [2.24, 2.45) is 0 Å². The molecule has 0 saturated carbocycles. The smallest absolute Gasteiger partial charge is 0.0979 e. The summed E-state index contributed by atoms with van der Waals surface area (Å²) in [6.07, 6.45) is 1.91. The van der Waals surface area contributed by atoms with Crippen LogP contribution >= 0.6 is 0 Å². The van der Waals surface area contributed by atoms with Gasteiger partial charge in [0.15, 0.2) is 0 Å². The Morgan fingerprint density at radius 3 is 1.45 bits per heavy atom. The van der Waals surface area contributed by atoms with E-state index in [4.69, 9.17) is 9.97 Å². The zero-order chi connectivity index (χ0) is 42.8. The van der Waals surface area contributed by atoms with E-state index >= 15 is 0 Å². The first-order valence-electron chi connectivity index (χ1n) is 22.2. The molecule has 65 heavy (non-hydrogen) atoms. The highest BCUT2D eigenvalue weighted by atomic mass is 15.0. The van der Waals surface area contributed by atoms with Gasteiger partial charge in [-0.05, 0) is 109 Å². The standard InChI is InChI=1S/C62H39N3/c1-2-12-44-36-49(28-25-40(44)11-1)42-29-32-51(33-30-42)65-59-22-8-7-19-54(59)55-34-31-50(38-60(55)65)48-16-10-15-47(37-48)46-14-9-13-45(35-46)41-23-26-43(27-24-41)58-39-63-61-56-20-5-3-17-52(56)53-18-4-6-21-57(53)62(61)64-58/h1-39H. The lowest BCUT2D eigenvalue weighted by molar-refractivity contribution is 1.18. The Balaban J connectivity index is 0.817. The van der Waals surface area contributed by atoms with Crippen LogP contribution < -0.4 is 0 Å². The number of rotatable bonds is 6. The summed E-state index contributed by atoms with van der Waals surface area (Å²) in [6, 6.07) is 83.4. The third-order valence-corrected chi connectivity index (χ3v) is 13.2. The van der Waals surface area contributed by atoms with Gasteiger partial charge in [0.25, 0.3) is 0 Å². The van der Waals surface area contributed by atoms with Crippen LogP contribution in [0.5, 0.6) is 0 Å². The van der Waals surface area contributed by atoms with Crippen LogP contribution in [0, 0.1) is 0 Å². The summed E-state index contributed by atoms with van der Waals surface area (Å²) in [5.41, 5.74) is 16.8. The molecule has 2 aromatic heterocycles. The van der Waals surface area contributed by atoms with E-state index in [1.165, 1.54) is 82.3 Å². The maximum absolute atomic E-state index is 5.22. The van der Waals surface area contributed by atoms with Gasteiger partial charge < -0.3 is 4.57 Å². The van der Waals surface area contributed by atoms with Crippen LogP contribution in [-0.4, -0.2) is 14.5 Å². The van der Waals surface area contributed by atoms with Crippen LogP contribution in [0.15, 0.2) is 237 Å². The molecule has 0 N–H and O–H groups in total. The average Bonchev–Trinajstić information content (AvgIpc) is 3.72. The molecule has 0 unspecified atom stereocenters. The first-order chi connectivity index (χ1) is 32.2. The number of fused-ring (bicyclic) bond motifs is 10. The molecule has 0 amide bonds. The van der Waals surface area contributed by atoms with E-state index in [0.717, 1.165) is 44.3 Å². The van der Waals surface area contributed by atoms with E-state index in [9.17, 15) is 0 Å². The molecular weight excluding hydrogens is 787 g/mol. The van der Waals surface area contributed by atoms with Gasteiger partial charge in [-0.1, -0.05) is 188 Å². The van der Waals surface area contributed by atoms with Gasteiger partial charge in [-0.25, -0.2) is 4.98 Å². The van der Waals surface area contributed by atoms with Gasteiger partial charge in [0.05, 0.1) is 34.0 Å².